The molecule has 0 bridgehead atoms. The summed E-state index contributed by atoms with van der Waals surface area (Å²) in [7, 11) is 0. The molecule has 0 spiro atoms. The van der Waals surface area contributed by atoms with Gasteiger partial charge >= 0.3 is 0 Å². The molecule has 1 heterocycles. The minimum Gasteiger partial charge on any atom is -0.465 e. The van der Waals surface area contributed by atoms with Gasteiger partial charge in [-0.05, 0) is 38.3 Å². The highest BCUT2D eigenvalue weighted by atomic mass is 16.3. The van der Waals surface area contributed by atoms with Crippen LogP contribution in [0.1, 0.15) is 44.8 Å². The van der Waals surface area contributed by atoms with Crippen LogP contribution < -0.4 is 10.6 Å². The summed E-state index contributed by atoms with van der Waals surface area (Å²) < 4.78 is 5.50. The first-order valence-corrected chi connectivity index (χ1v) is 6.55. The molecular formula is C14H24N2O2. The van der Waals surface area contributed by atoms with E-state index in [1.807, 2.05) is 26.0 Å². The average molecular weight is 252 g/mol. The van der Waals surface area contributed by atoms with Crippen LogP contribution in [0.25, 0.3) is 0 Å². The molecule has 0 aliphatic rings. The van der Waals surface area contributed by atoms with Gasteiger partial charge in [-0.15, -0.1) is 0 Å². The average Bonchev–Trinajstić information content (AvgIpc) is 2.72. The van der Waals surface area contributed by atoms with E-state index in [0.717, 1.165) is 24.5 Å². The molecule has 1 amide bonds. The van der Waals surface area contributed by atoms with E-state index in [9.17, 15) is 4.79 Å². The van der Waals surface area contributed by atoms with Crippen molar-refractivity contribution in [3.63, 3.8) is 0 Å². The van der Waals surface area contributed by atoms with E-state index in [1.165, 1.54) is 0 Å². The van der Waals surface area contributed by atoms with Crippen LogP contribution in [0.4, 0.5) is 0 Å². The molecule has 2 N–H and O–H groups in total. The van der Waals surface area contributed by atoms with Crippen LogP contribution >= 0.6 is 0 Å². The smallest absolute Gasteiger partial charge is 0.233 e. The number of hydrogen-bond donors (Lipinski definition) is 2. The number of rotatable bonds is 7. The van der Waals surface area contributed by atoms with Gasteiger partial charge in [0.15, 0.2) is 0 Å². The Bertz CT molecular complexity index is 372. The number of carbonyl (C=O) groups excluding carboxylic acids is 1. The molecule has 1 aromatic heterocycles. The SMILES string of the molecule is Cc1ccc(C(C)NCC(=O)NCCC(C)C)o1. The summed E-state index contributed by atoms with van der Waals surface area (Å²) in [6, 6.07) is 3.91. The Morgan fingerprint density at radius 3 is 2.61 bits per heavy atom. The van der Waals surface area contributed by atoms with Gasteiger partial charge in [-0.1, -0.05) is 13.8 Å². The molecule has 0 saturated carbocycles. The Balaban J connectivity index is 2.22. The van der Waals surface area contributed by atoms with Crippen LogP contribution in [0.5, 0.6) is 0 Å². The fourth-order valence-corrected chi connectivity index (χ4v) is 1.60. The molecule has 0 aliphatic carbocycles. The van der Waals surface area contributed by atoms with Crippen molar-refractivity contribution < 1.29 is 9.21 Å². The molecule has 0 aromatic carbocycles. The van der Waals surface area contributed by atoms with Gasteiger partial charge in [-0.25, -0.2) is 0 Å². The maximum Gasteiger partial charge on any atom is 0.233 e. The molecule has 102 valence electrons. The van der Waals surface area contributed by atoms with Crippen LogP contribution in [-0.2, 0) is 4.79 Å². The molecule has 0 fully saturated rings. The monoisotopic (exact) mass is 252 g/mol. The second kappa shape index (κ2) is 7.21. The molecule has 4 nitrogen and oxygen atoms in total. The van der Waals surface area contributed by atoms with E-state index >= 15 is 0 Å². The summed E-state index contributed by atoms with van der Waals surface area (Å²) in [4.78, 5) is 11.6. The van der Waals surface area contributed by atoms with E-state index < -0.39 is 0 Å². The molecule has 1 rings (SSSR count). The lowest BCUT2D eigenvalue weighted by Crippen LogP contribution is -2.35. The normalized spacial score (nSPS) is 12.7. The molecule has 1 aromatic rings. The van der Waals surface area contributed by atoms with Crippen LogP contribution in [0, 0.1) is 12.8 Å². The van der Waals surface area contributed by atoms with Crippen molar-refractivity contribution in [1.29, 1.82) is 0 Å². The Labute approximate surface area is 109 Å². The Hall–Kier alpha value is -1.29. The van der Waals surface area contributed by atoms with E-state index in [4.69, 9.17) is 4.42 Å². The first kappa shape index (κ1) is 14.8. The Morgan fingerprint density at radius 1 is 1.33 bits per heavy atom. The van der Waals surface area contributed by atoms with Gasteiger partial charge in [0.05, 0.1) is 12.6 Å². The summed E-state index contributed by atoms with van der Waals surface area (Å²) >= 11 is 0. The molecule has 1 atom stereocenters. The van der Waals surface area contributed by atoms with Crippen molar-refractivity contribution in [3.05, 3.63) is 23.7 Å². The van der Waals surface area contributed by atoms with E-state index in [2.05, 4.69) is 24.5 Å². The zero-order chi connectivity index (χ0) is 13.5. The second-order valence-electron chi connectivity index (χ2n) is 5.08. The Morgan fingerprint density at radius 2 is 2.06 bits per heavy atom. The first-order valence-electron chi connectivity index (χ1n) is 6.55. The van der Waals surface area contributed by atoms with Crippen molar-refractivity contribution >= 4 is 5.91 Å². The largest absolute Gasteiger partial charge is 0.465 e. The lowest BCUT2D eigenvalue weighted by molar-refractivity contribution is -0.120. The van der Waals surface area contributed by atoms with Crippen molar-refractivity contribution in [1.82, 2.24) is 10.6 Å². The molecule has 18 heavy (non-hydrogen) atoms. The lowest BCUT2D eigenvalue weighted by Gasteiger charge is -2.12. The third kappa shape index (κ3) is 5.36. The fraction of sp³-hybridized carbons (Fsp3) is 0.643. The summed E-state index contributed by atoms with van der Waals surface area (Å²) in [6.07, 6.45) is 1.01. The van der Waals surface area contributed by atoms with Crippen molar-refractivity contribution in [3.8, 4) is 0 Å². The highest BCUT2D eigenvalue weighted by Gasteiger charge is 2.10. The predicted molar refractivity (Wildman–Crippen MR) is 72.3 cm³/mol. The number of furan rings is 1. The maximum atomic E-state index is 11.6. The minimum absolute atomic E-state index is 0.0331. The molecule has 1 unspecified atom stereocenters. The third-order valence-electron chi connectivity index (χ3n) is 2.80. The maximum absolute atomic E-state index is 11.6. The third-order valence-corrected chi connectivity index (χ3v) is 2.80. The highest BCUT2D eigenvalue weighted by Crippen LogP contribution is 2.14. The van der Waals surface area contributed by atoms with Crippen LogP contribution in [0.2, 0.25) is 0 Å². The predicted octanol–water partition coefficient (Wildman–Crippen LogP) is 2.40. The molecular weight excluding hydrogens is 228 g/mol. The standard InChI is InChI=1S/C14H24N2O2/c1-10(2)7-8-15-14(17)9-16-12(4)13-6-5-11(3)18-13/h5-6,10,12,16H,7-9H2,1-4H3,(H,15,17). The van der Waals surface area contributed by atoms with Gasteiger partial charge in [-0.2, -0.15) is 0 Å². The number of aryl methyl sites for hydroxylation is 1. The lowest BCUT2D eigenvalue weighted by atomic mass is 10.1. The zero-order valence-electron chi connectivity index (χ0n) is 11.7. The Kier molecular flexibility index (Phi) is 5.92. The van der Waals surface area contributed by atoms with Gasteiger partial charge in [0.1, 0.15) is 11.5 Å². The molecule has 0 saturated heterocycles. The van der Waals surface area contributed by atoms with Gasteiger partial charge in [-0.3, -0.25) is 10.1 Å². The topological polar surface area (TPSA) is 54.3 Å². The number of nitrogens with one attached hydrogen (secondary N) is 2. The van der Waals surface area contributed by atoms with Gasteiger partial charge < -0.3 is 9.73 Å². The summed E-state index contributed by atoms with van der Waals surface area (Å²) in [5.41, 5.74) is 0. The zero-order valence-corrected chi connectivity index (χ0v) is 11.7. The quantitative estimate of drug-likeness (QED) is 0.783. The van der Waals surface area contributed by atoms with Crippen molar-refractivity contribution in [2.24, 2.45) is 5.92 Å². The summed E-state index contributed by atoms with van der Waals surface area (Å²) in [6.45, 7) is 9.25. The van der Waals surface area contributed by atoms with E-state index in [-0.39, 0.29) is 11.9 Å². The fourth-order valence-electron chi connectivity index (χ4n) is 1.60. The first-order chi connectivity index (χ1) is 8.49. The van der Waals surface area contributed by atoms with Crippen molar-refractivity contribution in [2.45, 2.75) is 40.2 Å². The molecule has 0 aliphatic heterocycles. The van der Waals surface area contributed by atoms with Gasteiger partial charge in [0, 0.05) is 6.54 Å². The van der Waals surface area contributed by atoms with Crippen molar-refractivity contribution in [2.75, 3.05) is 13.1 Å². The number of carbonyl (C=O) groups is 1. The minimum atomic E-state index is 0.0331. The summed E-state index contributed by atoms with van der Waals surface area (Å²) in [5, 5.41) is 6.04. The molecule has 4 heteroatoms. The number of amides is 1. The van der Waals surface area contributed by atoms with Gasteiger partial charge in [0.2, 0.25) is 5.91 Å². The second-order valence-corrected chi connectivity index (χ2v) is 5.08. The molecule has 0 radical (unpaired) electrons. The van der Waals surface area contributed by atoms with Gasteiger partial charge in [0.25, 0.3) is 0 Å². The van der Waals surface area contributed by atoms with E-state index in [0.29, 0.717) is 12.5 Å². The van der Waals surface area contributed by atoms with Crippen LogP contribution in [0.3, 0.4) is 0 Å². The number of hydrogen-bond acceptors (Lipinski definition) is 3. The summed E-state index contributed by atoms with van der Waals surface area (Å²) in [5.74, 6) is 2.40. The highest BCUT2D eigenvalue weighted by molar-refractivity contribution is 5.77. The van der Waals surface area contributed by atoms with Crippen LogP contribution in [-0.4, -0.2) is 19.0 Å². The van der Waals surface area contributed by atoms with E-state index in [1.54, 1.807) is 0 Å². The van der Waals surface area contributed by atoms with Crippen LogP contribution in [0.15, 0.2) is 16.5 Å².